The van der Waals surface area contributed by atoms with Crippen molar-refractivity contribution < 1.29 is 18.3 Å². The highest BCUT2D eigenvalue weighted by molar-refractivity contribution is 6.30. The molecule has 100 valence electrons. The molecule has 1 rings (SSSR count). The van der Waals surface area contributed by atoms with Crippen LogP contribution in [0.4, 0.5) is 8.78 Å². The van der Waals surface area contributed by atoms with Gasteiger partial charge in [0.25, 0.3) is 0 Å². The summed E-state index contributed by atoms with van der Waals surface area (Å²) in [6, 6.07) is 5.84. The highest BCUT2D eigenvalue weighted by Crippen LogP contribution is 2.26. The summed E-state index contributed by atoms with van der Waals surface area (Å²) in [5.41, 5.74) is 0.475. The van der Waals surface area contributed by atoms with Gasteiger partial charge in [-0.05, 0) is 19.9 Å². The van der Waals surface area contributed by atoms with Gasteiger partial charge in [0.15, 0.2) is 0 Å². The molecule has 1 amide bonds. The molecule has 18 heavy (non-hydrogen) atoms. The number of carbonyl (C=O) groups is 1. The lowest BCUT2D eigenvalue weighted by atomic mass is 10.1. The van der Waals surface area contributed by atoms with Crippen molar-refractivity contribution in [2.24, 2.45) is 0 Å². The third kappa shape index (κ3) is 4.14. The smallest absolute Gasteiger partial charge is 0.387 e. The summed E-state index contributed by atoms with van der Waals surface area (Å²) in [6.07, 6.45) is 0. The number of rotatable bonds is 5. The van der Waals surface area contributed by atoms with Crippen LogP contribution in [0.2, 0.25) is 0 Å². The molecule has 0 heterocycles. The molecule has 3 nitrogen and oxygen atoms in total. The Bertz CT molecular complexity index is 413. The average Bonchev–Trinajstić information content (AvgIpc) is 2.28. The molecule has 0 aliphatic carbocycles. The van der Waals surface area contributed by atoms with Crippen molar-refractivity contribution in [1.82, 2.24) is 5.32 Å². The zero-order chi connectivity index (χ0) is 13.7. The fourth-order valence-electron chi connectivity index (χ4n) is 1.45. The van der Waals surface area contributed by atoms with Crippen LogP contribution in [-0.2, 0) is 4.79 Å². The Hall–Kier alpha value is -1.36. The van der Waals surface area contributed by atoms with Gasteiger partial charge in [0.05, 0.1) is 6.04 Å². The molecule has 1 N–H and O–H groups in total. The number of hydrogen-bond acceptors (Lipinski definition) is 2. The lowest BCUT2D eigenvalue weighted by molar-refractivity contribution is -0.121. The van der Waals surface area contributed by atoms with Gasteiger partial charge in [0.1, 0.15) is 11.1 Å². The van der Waals surface area contributed by atoms with Gasteiger partial charge in [0.2, 0.25) is 5.91 Å². The molecular weight excluding hydrogens is 264 g/mol. The molecule has 2 atom stereocenters. The van der Waals surface area contributed by atoms with Crippen molar-refractivity contribution in [3.05, 3.63) is 29.8 Å². The SMILES string of the molecule is CC(Cl)C(=O)NC(C)c1ccccc1OC(F)F. The monoisotopic (exact) mass is 277 g/mol. The molecule has 0 spiro atoms. The predicted octanol–water partition coefficient (Wildman–Crippen LogP) is 3.09. The first-order chi connectivity index (χ1) is 8.41. The van der Waals surface area contributed by atoms with E-state index in [1.165, 1.54) is 13.0 Å². The molecule has 2 unspecified atom stereocenters. The Labute approximate surface area is 109 Å². The molecule has 6 heteroatoms. The Morgan fingerprint density at radius 1 is 1.33 bits per heavy atom. The number of hydrogen-bond donors (Lipinski definition) is 1. The summed E-state index contributed by atoms with van der Waals surface area (Å²) in [7, 11) is 0. The first kappa shape index (κ1) is 14.7. The number of para-hydroxylation sites is 1. The van der Waals surface area contributed by atoms with Crippen molar-refractivity contribution in [3.63, 3.8) is 0 Å². The van der Waals surface area contributed by atoms with Crippen molar-refractivity contribution in [2.75, 3.05) is 0 Å². The van der Waals surface area contributed by atoms with Crippen molar-refractivity contribution in [3.8, 4) is 5.75 Å². The van der Waals surface area contributed by atoms with E-state index in [-0.39, 0.29) is 11.7 Å². The quantitative estimate of drug-likeness (QED) is 0.840. The number of ether oxygens (including phenoxy) is 1. The Morgan fingerprint density at radius 2 is 1.94 bits per heavy atom. The van der Waals surface area contributed by atoms with Gasteiger partial charge in [-0.15, -0.1) is 11.6 Å². The molecule has 1 aromatic carbocycles. The maximum absolute atomic E-state index is 12.2. The largest absolute Gasteiger partial charge is 0.434 e. The summed E-state index contributed by atoms with van der Waals surface area (Å²) in [6.45, 7) is 0.303. The lowest BCUT2D eigenvalue weighted by Gasteiger charge is -2.18. The van der Waals surface area contributed by atoms with Crippen LogP contribution < -0.4 is 10.1 Å². The molecule has 0 fully saturated rings. The number of halogens is 3. The van der Waals surface area contributed by atoms with Crippen LogP contribution in [0.1, 0.15) is 25.5 Å². The molecule has 0 saturated heterocycles. The van der Waals surface area contributed by atoms with Gasteiger partial charge in [-0.3, -0.25) is 4.79 Å². The van der Waals surface area contributed by atoms with E-state index >= 15 is 0 Å². The zero-order valence-electron chi connectivity index (χ0n) is 9.99. The minimum Gasteiger partial charge on any atom is -0.434 e. The fourth-order valence-corrected chi connectivity index (χ4v) is 1.51. The van der Waals surface area contributed by atoms with Crippen LogP contribution in [-0.4, -0.2) is 17.9 Å². The summed E-state index contributed by atoms with van der Waals surface area (Å²) in [4.78, 5) is 11.4. The number of alkyl halides is 3. The van der Waals surface area contributed by atoms with Crippen LogP contribution in [0.15, 0.2) is 24.3 Å². The first-order valence-corrected chi connectivity index (χ1v) is 5.83. The van der Waals surface area contributed by atoms with Crippen molar-refractivity contribution in [2.45, 2.75) is 31.9 Å². The van der Waals surface area contributed by atoms with E-state index < -0.39 is 18.0 Å². The van der Waals surface area contributed by atoms with E-state index in [1.54, 1.807) is 25.1 Å². The predicted molar refractivity (Wildman–Crippen MR) is 64.9 cm³/mol. The standard InChI is InChI=1S/C12H14ClF2NO2/c1-7(13)11(17)16-8(2)9-5-3-4-6-10(9)18-12(14)15/h3-8,12H,1-2H3,(H,16,17). The third-order valence-electron chi connectivity index (χ3n) is 2.32. The topological polar surface area (TPSA) is 38.3 Å². The van der Waals surface area contributed by atoms with Gasteiger partial charge in [0, 0.05) is 5.56 Å². The van der Waals surface area contributed by atoms with Gasteiger partial charge in [-0.2, -0.15) is 8.78 Å². The normalized spacial score (nSPS) is 14.1. The number of amides is 1. The van der Waals surface area contributed by atoms with E-state index in [9.17, 15) is 13.6 Å². The highest BCUT2D eigenvalue weighted by atomic mass is 35.5. The summed E-state index contributed by atoms with van der Waals surface area (Å²) in [5, 5.41) is 1.93. The summed E-state index contributed by atoms with van der Waals surface area (Å²) in [5.74, 6) is -0.321. The Balaban J connectivity index is 2.84. The van der Waals surface area contributed by atoms with Gasteiger partial charge < -0.3 is 10.1 Å². The van der Waals surface area contributed by atoms with Crippen LogP contribution in [0.25, 0.3) is 0 Å². The van der Waals surface area contributed by atoms with Crippen molar-refractivity contribution >= 4 is 17.5 Å². The molecule has 0 saturated carbocycles. The maximum Gasteiger partial charge on any atom is 0.387 e. The van der Waals surface area contributed by atoms with E-state index in [0.29, 0.717) is 5.56 Å². The third-order valence-corrected chi connectivity index (χ3v) is 2.52. The average molecular weight is 278 g/mol. The molecule has 0 aliphatic rings. The number of nitrogens with one attached hydrogen (secondary N) is 1. The lowest BCUT2D eigenvalue weighted by Crippen LogP contribution is -2.32. The van der Waals surface area contributed by atoms with Crippen molar-refractivity contribution in [1.29, 1.82) is 0 Å². The molecule has 0 aromatic heterocycles. The van der Waals surface area contributed by atoms with Crippen LogP contribution >= 0.6 is 11.6 Å². The van der Waals surface area contributed by atoms with E-state index in [1.807, 2.05) is 0 Å². The second kappa shape index (κ2) is 6.54. The van der Waals surface area contributed by atoms with Gasteiger partial charge >= 0.3 is 6.61 Å². The summed E-state index contributed by atoms with van der Waals surface area (Å²) >= 11 is 5.62. The van der Waals surface area contributed by atoms with E-state index in [0.717, 1.165) is 0 Å². The second-order valence-electron chi connectivity index (χ2n) is 3.76. The Morgan fingerprint density at radius 3 is 2.50 bits per heavy atom. The molecule has 1 aromatic rings. The number of carbonyl (C=O) groups excluding carboxylic acids is 1. The highest BCUT2D eigenvalue weighted by Gasteiger charge is 2.18. The minimum atomic E-state index is -2.90. The van der Waals surface area contributed by atoms with Crippen LogP contribution in [0, 0.1) is 0 Å². The molecule has 0 radical (unpaired) electrons. The van der Waals surface area contributed by atoms with E-state index in [2.05, 4.69) is 10.1 Å². The van der Waals surface area contributed by atoms with Crippen LogP contribution in [0.3, 0.4) is 0 Å². The number of benzene rings is 1. The Kier molecular flexibility index (Phi) is 5.34. The fraction of sp³-hybridized carbons (Fsp3) is 0.417. The molecule has 0 aliphatic heterocycles. The first-order valence-electron chi connectivity index (χ1n) is 5.40. The molecular formula is C12H14ClF2NO2. The molecule has 0 bridgehead atoms. The van der Waals surface area contributed by atoms with E-state index in [4.69, 9.17) is 11.6 Å². The minimum absolute atomic E-state index is 0.0440. The maximum atomic E-state index is 12.2. The second-order valence-corrected chi connectivity index (χ2v) is 4.42. The summed E-state index contributed by atoms with van der Waals surface area (Å²) < 4.78 is 28.8. The van der Waals surface area contributed by atoms with Gasteiger partial charge in [-0.1, -0.05) is 18.2 Å². The van der Waals surface area contributed by atoms with Gasteiger partial charge in [-0.25, -0.2) is 0 Å². The zero-order valence-corrected chi connectivity index (χ0v) is 10.7. The van der Waals surface area contributed by atoms with Crippen LogP contribution in [0.5, 0.6) is 5.75 Å².